The number of benzene rings is 1. The first-order valence-electron chi connectivity index (χ1n) is 7.64. The Labute approximate surface area is 142 Å². The van der Waals surface area contributed by atoms with Crippen molar-refractivity contribution in [1.29, 1.82) is 0 Å². The molecule has 0 aliphatic rings. The molecule has 0 spiro atoms. The number of aryl methyl sites for hydroxylation is 2. The number of nitrogens with one attached hydrogen (secondary N) is 1. The van der Waals surface area contributed by atoms with Gasteiger partial charge in [0.25, 0.3) is 0 Å². The lowest BCUT2D eigenvalue weighted by Gasteiger charge is -2.04. The highest BCUT2D eigenvalue weighted by atomic mass is 19.1. The molecule has 2 aromatic heterocycles. The molecule has 0 bridgehead atoms. The molecule has 3 rings (SSSR count). The van der Waals surface area contributed by atoms with Crippen LogP contribution in [0.5, 0.6) is 0 Å². The Hall–Kier alpha value is -3.09. The molecule has 1 aromatic carbocycles. The predicted octanol–water partition coefficient (Wildman–Crippen LogP) is 3.89. The molecule has 0 fully saturated rings. The van der Waals surface area contributed by atoms with Gasteiger partial charge in [0.1, 0.15) is 17.5 Å². The van der Waals surface area contributed by atoms with Gasteiger partial charge in [-0.25, -0.2) is 18.7 Å². The van der Waals surface area contributed by atoms with Crippen molar-refractivity contribution in [2.45, 2.75) is 19.8 Å². The van der Waals surface area contributed by atoms with Crippen LogP contribution in [0, 0.1) is 18.6 Å². The van der Waals surface area contributed by atoms with E-state index in [2.05, 4.69) is 15.3 Å². The van der Waals surface area contributed by atoms with Crippen molar-refractivity contribution in [2.75, 3.05) is 5.32 Å². The smallest absolute Gasteiger partial charge is 0.226 e. The molecule has 0 radical (unpaired) electrons. The first kappa shape index (κ1) is 16.8. The monoisotopic (exact) mass is 343 g/mol. The number of carbonyl (C=O) groups excluding carboxylic acids is 1. The summed E-state index contributed by atoms with van der Waals surface area (Å²) < 4.78 is 32.8. The van der Waals surface area contributed by atoms with Crippen molar-refractivity contribution in [3.8, 4) is 11.3 Å². The number of oxazole rings is 1. The van der Waals surface area contributed by atoms with Crippen molar-refractivity contribution in [3.05, 3.63) is 65.8 Å². The van der Waals surface area contributed by atoms with E-state index in [1.54, 1.807) is 12.3 Å². The number of amides is 1. The number of aromatic nitrogens is 2. The zero-order valence-corrected chi connectivity index (χ0v) is 13.4. The summed E-state index contributed by atoms with van der Waals surface area (Å²) in [5.41, 5.74) is 0.712. The van der Waals surface area contributed by atoms with Crippen molar-refractivity contribution >= 4 is 11.7 Å². The van der Waals surface area contributed by atoms with E-state index in [9.17, 15) is 13.6 Å². The summed E-state index contributed by atoms with van der Waals surface area (Å²) in [4.78, 5) is 20.0. The predicted molar refractivity (Wildman–Crippen MR) is 87.8 cm³/mol. The lowest BCUT2D eigenvalue weighted by molar-refractivity contribution is -0.116. The van der Waals surface area contributed by atoms with Gasteiger partial charge in [0.2, 0.25) is 5.91 Å². The highest BCUT2D eigenvalue weighted by Gasteiger charge is 2.16. The Kier molecular flexibility index (Phi) is 4.83. The number of anilines is 1. The van der Waals surface area contributed by atoms with E-state index in [4.69, 9.17) is 4.42 Å². The van der Waals surface area contributed by atoms with Crippen LogP contribution in [0.25, 0.3) is 11.3 Å². The highest BCUT2D eigenvalue weighted by Crippen LogP contribution is 2.26. The zero-order chi connectivity index (χ0) is 17.8. The quantitative estimate of drug-likeness (QED) is 0.763. The SMILES string of the molecule is Cc1ccnc(NC(=O)CCc2ncc(-c3c(F)cccc3F)o2)c1. The Morgan fingerprint density at radius 1 is 1.20 bits per heavy atom. The largest absolute Gasteiger partial charge is 0.441 e. The molecule has 5 nitrogen and oxygen atoms in total. The molecule has 1 amide bonds. The summed E-state index contributed by atoms with van der Waals surface area (Å²) >= 11 is 0. The van der Waals surface area contributed by atoms with Gasteiger partial charge >= 0.3 is 0 Å². The van der Waals surface area contributed by atoms with Crippen molar-refractivity contribution in [3.63, 3.8) is 0 Å². The maximum atomic E-state index is 13.7. The van der Waals surface area contributed by atoms with Crippen LogP contribution in [-0.2, 0) is 11.2 Å². The van der Waals surface area contributed by atoms with E-state index >= 15 is 0 Å². The number of nitrogens with zero attached hydrogens (tertiary/aromatic N) is 2. The van der Waals surface area contributed by atoms with Crippen molar-refractivity contribution in [1.82, 2.24) is 9.97 Å². The third-order valence-corrected chi connectivity index (χ3v) is 3.51. The summed E-state index contributed by atoms with van der Waals surface area (Å²) in [5, 5.41) is 2.67. The second-order valence-electron chi connectivity index (χ2n) is 5.48. The topological polar surface area (TPSA) is 68.0 Å². The normalized spacial score (nSPS) is 10.7. The van der Waals surface area contributed by atoms with Crippen molar-refractivity contribution in [2.24, 2.45) is 0 Å². The van der Waals surface area contributed by atoms with Gasteiger partial charge in [-0.1, -0.05) is 6.07 Å². The standard InChI is InChI=1S/C18H15F2N3O2/c1-11-7-8-21-15(9-11)23-16(24)5-6-17-22-10-14(25-17)18-12(19)3-2-4-13(18)20/h2-4,7-10H,5-6H2,1H3,(H,21,23,24). The van der Waals surface area contributed by atoms with Gasteiger partial charge in [-0.05, 0) is 36.8 Å². The van der Waals surface area contributed by atoms with Gasteiger partial charge < -0.3 is 9.73 Å². The van der Waals surface area contributed by atoms with E-state index in [0.29, 0.717) is 5.82 Å². The molecule has 0 atom stereocenters. The van der Waals surface area contributed by atoms with Gasteiger partial charge in [0.05, 0.1) is 11.8 Å². The zero-order valence-electron chi connectivity index (χ0n) is 13.4. The molecular formula is C18H15F2N3O2. The lowest BCUT2D eigenvalue weighted by atomic mass is 10.1. The molecule has 2 heterocycles. The Balaban J connectivity index is 1.63. The lowest BCUT2D eigenvalue weighted by Crippen LogP contribution is -2.13. The molecule has 1 N–H and O–H groups in total. The van der Waals surface area contributed by atoms with Crippen LogP contribution < -0.4 is 5.32 Å². The van der Waals surface area contributed by atoms with E-state index < -0.39 is 11.6 Å². The summed E-state index contributed by atoms with van der Waals surface area (Å²) in [6, 6.07) is 7.13. The molecule has 128 valence electrons. The molecular weight excluding hydrogens is 328 g/mol. The molecule has 0 unspecified atom stereocenters. The average molecular weight is 343 g/mol. The van der Waals surface area contributed by atoms with Gasteiger partial charge in [0, 0.05) is 19.0 Å². The molecule has 7 heteroatoms. The van der Waals surface area contributed by atoms with Crippen LogP contribution in [0.3, 0.4) is 0 Å². The third-order valence-electron chi connectivity index (χ3n) is 3.51. The molecule has 0 saturated carbocycles. The van der Waals surface area contributed by atoms with Crippen LogP contribution >= 0.6 is 0 Å². The number of pyridine rings is 1. The van der Waals surface area contributed by atoms with Gasteiger partial charge in [-0.15, -0.1) is 0 Å². The maximum absolute atomic E-state index is 13.7. The van der Waals surface area contributed by atoms with Crippen LogP contribution in [0.4, 0.5) is 14.6 Å². The summed E-state index contributed by atoms with van der Waals surface area (Å²) in [5.74, 6) is -1.03. The van der Waals surface area contributed by atoms with E-state index in [1.807, 2.05) is 13.0 Å². The minimum atomic E-state index is -0.731. The fourth-order valence-corrected chi connectivity index (χ4v) is 2.30. The van der Waals surface area contributed by atoms with Gasteiger partial charge in [-0.2, -0.15) is 0 Å². The minimum Gasteiger partial charge on any atom is -0.441 e. The third kappa shape index (κ3) is 4.06. The second kappa shape index (κ2) is 7.21. The van der Waals surface area contributed by atoms with E-state index in [1.165, 1.54) is 12.3 Å². The molecule has 25 heavy (non-hydrogen) atoms. The highest BCUT2D eigenvalue weighted by molar-refractivity contribution is 5.89. The first-order valence-corrected chi connectivity index (χ1v) is 7.64. The van der Waals surface area contributed by atoms with Crippen LogP contribution in [-0.4, -0.2) is 15.9 Å². The number of hydrogen-bond donors (Lipinski definition) is 1. The Morgan fingerprint density at radius 3 is 2.68 bits per heavy atom. The number of hydrogen-bond acceptors (Lipinski definition) is 4. The van der Waals surface area contributed by atoms with Crippen LogP contribution in [0.2, 0.25) is 0 Å². The van der Waals surface area contributed by atoms with Crippen LogP contribution in [0.15, 0.2) is 47.1 Å². The first-order chi connectivity index (χ1) is 12.0. The molecule has 0 aliphatic carbocycles. The van der Waals surface area contributed by atoms with E-state index in [0.717, 1.165) is 17.7 Å². The second-order valence-corrected chi connectivity index (χ2v) is 5.48. The number of rotatable bonds is 5. The summed E-state index contributed by atoms with van der Waals surface area (Å²) in [6.45, 7) is 1.90. The maximum Gasteiger partial charge on any atom is 0.226 e. The number of carbonyl (C=O) groups is 1. The van der Waals surface area contributed by atoms with Crippen LogP contribution in [0.1, 0.15) is 17.9 Å². The summed E-state index contributed by atoms with van der Waals surface area (Å²) in [6.07, 6.45) is 3.16. The van der Waals surface area contributed by atoms with Gasteiger partial charge in [0.15, 0.2) is 11.7 Å². The Morgan fingerprint density at radius 2 is 1.96 bits per heavy atom. The Bertz CT molecular complexity index is 889. The summed E-state index contributed by atoms with van der Waals surface area (Å²) in [7, 11) is 0. The van der Waals surface area contributed by atoms with Gasteiger partial charge in [-0.3, -0.25) is 4.79 Å². The molecule has 0 saturated heterocycles. The fourth-order valence-electron chi connectivity index (χ4n) is 2.30. The molecule has 3 aromatic rings. The minimum absolute atomic E-state index is 0.00800. The van der Waals surface area contributed by atoms with E-state index in [-0.39, 0.29) is 36.0 Å². The fraction of sp³-hybridized carbons (Fsp3) is 0.167. The van der Waals surface area contributed by atoms with Crippen molar-refractivity contribution < 1.29 is 18.0 Å². The molecule has 0 aliphatic heterocycles. The average Bonchev–Trinajstić information content (AvgIpc) is 3.01. The number of halogens is 2.